The van der Waals surface area contributed by atoms with Crippen molar-refractivity contribution in [3.8, 4) is 17.1 Å². The van der Waals surface area contributed by atoms with E-state index in [0.29, 0.717) is 29.9 Å². The summed E-state index contributed by atoms with van der Waals surface area (Å²) in [7, 11) is 0. The van der Waals surface area contributed by atoms with Gasteiger partial charge in [-0.05, 0) is 56.9 Å². The minimum Gasteiger partial charge on any atom is -0.471 e. The van der Waals surface area contributed by atoms with Gasteiger partial charge in [-0.3, -0.25) is 9.59 Å². The highest BCUT2D eigenvalue weighted by molar-refractivity contribution is 9.10. The summed E-state index contributed by atoms with van der Waals surface area (Å²) in [6.07, 6.45) is 8.26. The van der Waals surface area contributed by atoms with Crippen LogP contribution in [0.3, 0.4) is 0 Å². The number of hydrogen-bond acceptors (Lipinski definition) is 8. The van der Waals surface area contributed by atoms with E-state index in [2.05, 4.69) is 27.3 Å². The lowest BCUT2D eigenvalue weighted by Crippen LogP contribution is -2.55. The Hall–Kier alpha value is -3.83. The summed E-state index contributed by atoms with van der Waals surface area (Å²) < 4.78 is 12.8. The fraction of sp³-hybridized carbons (Fsp3) is 0.441. The van der Waals surface area contributed by atoms with E-state index in [4.69, 9.17) is 25.2 Å². The molecule has 3 N–H and O–H groups in total. The molecule has 0 spiro atoms. The Bertz CT molecular complexity index is 1630. The Morgan fingerprint density at radius 3 is 2.69 bits per heavy atom. The van der Waals surface area contributed by atoms with Gasteiger partial charge in [0.1, 0.15) is 23.4 Å². The van der Waals surface area contributed by atoms with Crippen LogP contribution in [0.4, 0.5) is 0 Å². The molecule has 10 nitrogen and oxygen atoms in total. The van der Waals surface area contributed by atoms with Crippen LogP contribution in [0.25, 0.3) is 22.3 Å². The number of benzene rings is 2. The molecule has 6 rings (SSSR count). The zero-order chi connectivity index (χ0) is 31.6. The molecule has 1 saturated heterocycles. The van der Waals surface area contributed by atoms with Gasteiger partial charge in [-0.15, -0.1) is 0 Å². The first kappa shape index (κ1) is 31.2. The predicted molar refractivity (Wildman–Crippen MR) is 173 cm³/mol. The molecule has 2 fully saturated rings. The monoisotopic (exact) mass is 675 g/mol. The Morgan fingerprint density at radius 2 is 1.91 bits per heavy atom. The van der Waals surface area contributed by atoms with Crippen LogP contribution < -0.4 is 15.8 Å². The third kappa shape index (κ3) is 6.60. The number of rotatable bonds is 5. The van der Waals surface area contributed by atoms with Crippen LogP contribution in [0.1, 0.15) is 51.9 Å². The molecule has 11 heteroatoms. The van der Waals surface area contributed by atoms with E-state index >= 15 is 0 Å². The number of ether oxygens (including phenoxy) is 2. The Morgan fingerprint density at radius 1 is 1.11 bits per heavy atom. The quantitative estimate of drug-likeness (QED) is 0.294. The third-order valence-electron chi connectivity index (χ3n) is 8.84. The van der Waals surface area contributed by atoms with Crippen LogP contribution in [0, 0.1) is 5.92 Å². The molecule has 2 amide bonds. The second kappa shape index (κ2) is 13.3. The van der Waals surface area contributed by atoms with Gasteiger partial charge in [-0.2, -0.15) is 0 Å². The van der Waals surface area contributed by atoms with Crippen LogP contribution in [-0.4, -0.2) is 69.5 Å². The number of nitrogens with zero attached hydrogens (tertiary/aromatic N) is 3. The molecule has 3 aliphatic rings. The van der Waals surface area contributed by atoms with Gasteiger partial charge in [-0.1, -0.05) is 65.2 Å². The molecular formula is C34H38BrN5O5. The Labute approximate surface area is 270 Å². The van der Waals surface area contributed by atoms with Crippen LogP contribution in [0.15, 0.2) is 65.2 Å². The van der Waals surface area contributed by atoms with Gasteiger partial charge in [0.15, 0.2) is 0 Å². The van der Waals surface area contributed by atoms with Gasteiger partial charge in [0.2, 0.25) is 17.7 Å². The highest BCUT2D eigenvalue weighted by atomic mass is 79.9. The van der Waals surface area contributed by atoms with E-state index in [9.17, 15) is 14.4 Å². The predicted octanol–water partition coefficient (Wildman–Crippen LogP) is 4.69. The fourth-order valence-corrected chi connectivity index (χ4v) is 6.73. The number of nitrogens with one attached hydrogen (secondary N) is 1. The lowest BCUT2D eigenvalue weighted by atomic mass is 10.1. The Balaban J connectivity index is 1.32. The van der Waals surface area contributed by atoms with Gasteiger partial charge < -0.3 is 25.4 Å². The molecule has 45 heavy (non-hydrogen) atoms. The second-order valence-corrected chi connectivity index (χ2v) is 12.9. The first-order valence-corrected chi connectivity index (χ1v) is 16.5. The molecule has 1 aliphatic carbocycles. The number of aromatic nitrogens is 2. The zero-order valence-electron chi connectivity index (χ0n) is 25.3. The largest absolute Gasteiger partial charge is 0.471 e. The molecule has 0 radical (unpaired) electrons. The maximum atomic E-state index is 14.0. The second-order valence-electron chi connectivity index (χ2n) is 12.0. The van der Waals surface area contributed by atoms with E-state index in [1.165, 1.54) is 4.90 Å². The molecule has 5 atom stereocenters. The Kier molecular flexibility index (Phi) is 9.18. The van der Waals surface area contributed by atoms with Crippen LogP contribution in [-0.2, 0) is 19.1 Å². The van der Waals surface area contributed by atoms with Crippen molar-refractivity contribution in [2.75, 3.05) is 13.2 Å². The summed E-state index contributed by atoms with van der Waals surface area (Å²) in [6.45, 7) is 2.10. The van der Waals surface area contributed by atoms with Crippen LogP contribution in [0.2, 0.25) is 0 Å². The third-order valence-corrected chi connectivity index (χ3v) is 9.33. The van der Waals surface area contributed by atoms with Crippen molar-refractivity contribution < 1.29 is 23.9 Å². The molecule has 1 aromatic heterocycles. The number of hydrogen-bond donors (Lipinski definition) is 2. The zero-order valence-corrected chi connectivity index (χ0v) is 26.9. The standard InChI is InChI=1S/C34H38BrN5O5/c1-2-44-33(43)34-19-22(34)12-6-4-3-5-7-14-25(36)32(42)40-20-24(18-28(40)30(41)39-34)45-31-29(21-11-10-13-23(35)17-21)37-26-15-8-9-16-27(26)38-31/h6,8-13,15-17,22,24-25,28H,2-5,7,14,18-20,36H2,1H3,(H,39,41). The lowest BCUT2D eigenvalue weighted by molar-refractivity contribution is -0.150. The molecule has 3 aromatic rings. The molecule has 2 aromatic carbocycles. The summed E-state index contributed by atoms with van der Waals surface area (Å²) >= 11 is 3.54. The maximum absolute atomic E-state index is 14.0. The smallest absolute Gasteiger partial charge is 0.332 e. The van der Waals surface area contributed by atoms with Crippen molar-refractivity contribution in [3.05, 3.63) is 65.2 Å². The number of carbonyl (C=O) groups excluding carboxylic acids is 3. The number of nitrogens with two attached hydrogens (primary N) is 1. The topological polar surface area (TPSA) is 137 Å². The van der Waals surface area contributed by atoms with Crippen molar-refractivity contribution in [3.63, 3.8) is 0 Å². The highest BCUT2D eigenvalue weighted by Crippen LogP contribution is 2.46. The van der Waals surface area contributed by atoms with E-state index in [1.54, 1.807) is 6.92 Å². The molecule has 236 valence electrons. The van der Waals surface area contributed by atoms with E-state index < -0.39 is 35.6 Å². The summed E-state index contributed by atoms with van der Waals surface area (Å²) in [5.74, 6) is -1.03. The van der Waals surface area contributed by atoms with Gasteiger partial charge in [-0.25, -0.2) is 14.8 Å². The molecule has 3 heterocycles. The summed E-state index contributed by atoms with van der Waals surface area (Å²) in [6, 6.07) is 13.6. The number of fused-ring (bicyclic) bond motifs is 3. The van der Waals surface area contributed by atoms with Crippen molar-refractivity contribution in [2.24, 2.45) is 11.7 Å². The number of allylic oxidation sites excluding steroid dienone is 1. The van der Waals surface area contributed by atoms with Crippen LogP contribution >= 0.6 is 15.9 Å². The summed E-state index contributed by atoms with van der Waals surface area (Å²) in [5.41, 5.74) is 8.02. The molecular weight excluding hydrogens is 638 g/mol. The molecule has 5 unspecified atom stereocenters. The SMILES string of the molecule is CCOC(=O)C12CC1C=CCCCCCC(N)C(=O)N1CC(Oc3nc4ccccc4nc3-c3cccc(Br)c3)CC1C(=O)N2. The van der Waals surface area contributed by atoms with Crippen molar-refractivity contribution >= 4 is 44.7 Å². The molecule has 1 saturated carbocycles. The lowest BCUT2D eigenvalue weighted by Gasteiger charge is -2.28. The number of halogens is 1. The van der Waals surface area contributed by atoms with E-state index in [1.807, 2.05) is 54.6 Å². The average Bonchev–Trinajstić information content (AvgIpc) is 3.56. The fourth-order valence-electron chi connectivity index (χ4n) is 6.34. The van der Waals surface area contributed by atoms with Gasteiger partial charge in [0.05, 0.1) is 30.2 Å². The van der Waals surface area contributed by atoms with Gasteiger partial charge in [0, 0.05) is 22.4 Å². The average molecular weight is 677 g/mol. The summed E-state index contributed by atoms with van der Waals surface area (Å²) in [4.78, 5) is 52.0. The van der Waals surface area contributed by atoms with E-state index in [-0.39, 0.29) is 31.4 Å². The van der Waals surface area contributed by atoms with Crippen molar-refractivity contribution in [1.29, 1.82) is 0 Å². The maximum Gasteiger partial charge on any atom is 0.332 e. The van der Waals surface area contributed by atoms with Gasteiger partial charge >= 0.3 is 5.97 Å². The van der Waals surface area contributed by atoms with Crippen molar-refractivity contribution in [1.82, 2.24) is 20.2 Å². The summed E-state index contributed by atoms with van der Waals surface area (Å²) in [5, 5.41) is 2.99. The normalized spacial score (nSPS) is 27.1. The minimum atomic E-state index is -1.14. The highest BCUT2D eigenvalue weighted by Gasteiger charge is 2.62. The number of esters is 1. The number of amides is 2. The van der Waals surface area contributed by atoms with Gasteiger partial charge in [0.25, 0.3) is 0 Å². The van der Waals surface area contributed by atoms with E-state index in [0.717, 1.165) is 41.2 Å². The first-order chi connectivity index (χ1) is 21.8. The minimum absolute atomic E-state index is 0.146. The molecule has 2 aliphatic heterocycles. The van der Waals surface area contributed by atoms with Crippen molar-refractivity contribution in [2.45, 2.75) is 75.6 Å². The number of carbonyl (C=O) groups is 3. The molecule has 0 bridgehead atoms. The number of para-hydroxylation sites is 2. The van der Waals surface area contributed by atoms with Crippen LogP contribution in [0.5, 0.6) is 5.88 Å². The first-order valence-electron chi connectivity index (χ1n) is 15.7.